The maximum Gasteiger partial charge on any atom is 0.299 e. The number of carbonyl (C=O) groups excluding carboxylic acids is 4. The van der Waals surface area contributed by atoms with Crippen molar-refractivity contribution in [2.24, 2.45) is 0 Å². The van der Waals surface area contributed by atoms with Crippen LogP contribution in [0.5, 0.6) is 0 Å². The van der Waals surface area contributed by atoms with Crippen LogP contribution in [0.25, 0.3) is 11.3 Å². The van der Waals surface area contributed by atoms with E-state index in [0.29, 0.717) is 22.8 Å². The number of benzene rings is 3. The van der Waals surface area contributed by atoms with Crippen molar-refractivity contribution in [3.8, 4) is 11.3 Å². The number of rotatable bonds is 10. The lowest BCUT2D eigenvalue weighted by atomic mass is 9.94. The molecule has 220 valence electrons. The first kappa shape index (κ1) is 29.7. The largest absolute Gasteiger partial charge is 0.378 e. The zero-order valence-corrected chi connectivity index (χ0v) is 25.4. The molecule has 0 spiro atoms. The Kier molecular flexibility index (Phi) is 8.40. The number of ketones is 1. The van der Waals surface area contributed by atoms with Gasteiger partial charge >= 0.3 is 0 Å². The molecule has 3 aromatic carbocycles. The molecule has 0 aliphatic carbocycles. The number of para-hydroxylation sites is 1. The van der Waals surface area contributed by atoms with Crippen molar-refractivity contribution >= 4 is 51.9 Å². The van der Waals surface area contributed by atoms with Crippen LogP contribution in [0.4, 0.5) is 17.1 Å². The van der Waals surface area contributed by atoms with Crippen molar-refractivity contribution in [3.05, 3.63) is 94.8 Å². The second-order valence-corrected chi connectivity index (χ2v) is 11.7. The molecule has 0 saturated carbocycles. The fourth-order valence-electron chi connectivity index (χ4n) is 5.01. The van der Waals surface area contributed by atoms with Gasteiger partial charge in [0.2, 0.25) is 11.8 Å². The van der Waals surface area contributed by atoms with Gasteiger partial charge in [-0.15, -0.1) is 11.3 Å². The minimum absolute atomic E-state index is 0.0469. The van der Waals surface area contributed by atoms with E-state index in [1.165, 1.54) is 21.1 Å². The van der Waals surface area contributed by atoms with Gasteiger partial charge in [0, 0.05) is 36.4 Å². The number of Topliss-reactive ketones (excluding diaryl/α,β-unsaturated/α-hetero) is 1. The molecule has 10 heteroatoms. The molecule has 1 N–H and O–H groups in total. The van der Waals surface area contributed by atoms with E-state index in [1.54, 1.807) is 31.2 Å². The third-order valence-corrected chi connectivity index (χ3v) is 8.64. The summed E-state index contributed by atoms with van der Waals surface area (Å²) in [5.41, 5.74) is 2.63. The molecule has 1 aliphatic rings. The highest BCUT2D eigenvalue weighted by Gasteiger charge is 2.44. The minimum atomic E-state index is -1.30. The molecule has 1 atom stereocenters. The van der Waals surface area contributed by atoms with Crippen molar-refractivity contribution in [2.75, 3.05) is 35.8 Å². The summed E-state index contributed by atoms with van der Waals surface area (Å²) < 4.78 is 0. The molecule has 1 aromatic heterocycles. The molecule has 5 rings (SSSR count). The Hall–Kier alpha value is -4.83. The van der Waals surface area contributed by atoms with E-state index >= 15 is 0 Å². The maximum absolute atomic E-state index is 14.1. The number of amides is 3. The minimum Gasteiger partial charge on any atom is -0.378 e. The number of nitrogens with zero attached hydrogens (tertiary/aromatic N) is 4. The standard InChI is InChI=1S/C33H33N5O4S/c1-5-33(2,32(42)34-23-15-17-24(18-16-23)36(3)4)38(19-28-35-26(21-43-28)22-11-7-6-8-12-22)29(39)20-37-27-14-10-9-13-25(27)30(40)31(37)41/h6-18,21H,5,19-20H2,1-4H3,(H,34,42). The molecule has 1 aliphatic heterocycles. The first-order chi connectivity index (χ1) is 20.6. The molecule has 0 radical (unpaired) electrons. The Morgan fingerprint density at radius 2 is 1.63 bits per heavy atom. The van der Waals surface area contributed by atoms with Gasteiger partial charge in [0.25, 0.3) is 11.7 Å². The molecule has 3 amide bonds. The quantitative estimate of drug-likeness (QED) is 0.252. The highest BCUT2D eigenvalue weighted by Crippen LogP contribution is 2.32. The number of hydrogen-bond acceptors (Lipinski definition) is 7. The van der Waals surface area contributed by atoms with E-state index < -0.39 is 23.1 Å². The number of nitrogens with one attached hydrogen (secondary N) is 1. The molecule has 0 bridgehead atoms. The van der Waals surface area contributed by atoms with Gasteiger partial charge in [-0.2, -0.15) is 0 Å². The van der Waals surface area contributed by atoms with Gasteiger partial charge < -0.3 is 15.1 Å². The summed E-state index contributed by atoms with van der Waals surface area (Å²) in [6.07, 6.45) is 0.292. The third kappa shape index (κ3) is 5.91. The first-order valence-electron chi connectivity index (χ1n) is 14.0. The summed E-state index contributed by atoms with van der Waals surface area (Å²) in [5, 5.41) is 5.53. The van der Waals surface area contributed by atoms with Gasteiger partial charge in [-0.3, -0.25) is 24.1 Å². The molecule has 1 unspecified atom stereocenters. The highest BCUT2D eigenvalue weighted by atomic mass is 32.1. The van der Waals surface area contributed by atoms with E-state index in [-0.39, 0.29) is 24.6 Å². The van der Waals surface area contributed by atoms with Gasteiger partial charge in [-0.05, 0) is 49.7 Å². The molecule has 0 saturated heterocycles. The fourth-order valence-corrected chi connectivity index (χ4v) is 5.80. The van der Waals surface area contributed by atoms with Crippen LogP contribution in [0.3, 0.4) is 0 Å². The van der Waals surface area contributed by atoms with Crippen molar-refractivity contribution in [1.29, 1.82) is 0 Å². The van der Waals surface area contributed by atoms with Gasteiger partial charge in [-0.25, -0.2) is 4.98 Å². The number of hydrogen-bond donors (Lipinski definition) is 1. The first-order valence-corrected chi connectivity index (χ1v) is 14.8. The van der Waals surface area contributed by atoms with E-state index in [0.717, 1.165) is 16.9 Å². The zero-order chi connectivity index (χ0) is 30.7. The van der Waals surface area contributed by atoms with Gasteiger partial charge in [0.05, 0.1) is 23.5 Å². The van der Waals surface area contributed by atoms with Crippen molar-refractivity contribution in [2.45, 2.75) is 32.4 Å². The lowest BCUT2D eigenvalue weighted by Gasteiger charge is -2.39. The van der Waals surface area contributed by atoms with Crippen LogP contribution in [-0.4, -0.2) is 59.6 Å². The lowest BCUT2D eigenvalue weighted by Crippen LogP contribution is -2.58. The normalized spacial score (nSPS) is 13.8. The average Bonchev–Trinajstić information content (AvgIpc) is 3.59. The van der Waals surface area contributed by atoms with E-state index in [9.17, 15) is 19.2 Å². The number of aromatic nitrogens is 1. The summed E-state index contributed by atoms with van der Waals surface area (Å²) in [6.45, 7) is 3.21. The smallest absolute Gasteiger partial charge is 0.299 e. The van der Waals surface area contributed by atoms with Crippen LogP contribution >= 0.6 is 11.3 Å². The summed E-state index contributed by atoms with van der Waals surface area (Å²) in [6, 6.07) is 23.7. The Morgan fingerprint density at radius 3 is 2.30 bits per heavy atom. The zero-order valence-electron chi connectivity index (χ0n) is 24.5. The van der Waals surface area contributed by atoms with E-state index in [1.807, 2.05) is 85.9 Å². The lowest BCUT2D eigenvalue weighted by molar-refractivity contribution is -0.145. The topological polar surface area (TPSA) is 103 Å². The third-order valence-electron chi connectivity index (χ3n) is 7.80. The second kappa shape index (κ2) is 12.2. The van der Waals surface area contributed by atoms with Crippen molar-refractivity contribution in [3.63, 3.8) is 0 Å². The Balaban J connectivity index is 1.46. The molecule has 2 heterocycles. The van der Waals surface area contributed by atoms with E-state index in [2.05, 4.69) is 5.32 Å². The Labute approximate surface area is 254 Å². The van der Waals surface area contributed by atoms with E-state index in [4.69, 9.17) is 4.98 Å². The average molecular weight is 596 g/mol. The molecular weight excluding hydrogens is 562 g/mol. The summed E-state index contributed by atoms with van der Waals surface area (Å²) in [7, 11) is 3.87. The van der Waals surface area contributed by atoms with Gasteiger partial charge in [-0.1, -0.05) is 49.4 Å². The number of carbonyl (C=O) groups is 4. The monoisotopic (exact) mass is 595 g/mol. The Bertz CT molecular complexity index is 1670. The highest BCUT2D eigenvalue weighted by molar-refractivity contribution is 7.09. The van der Waals surface area contributed by atoms with Crippen LogP contribution in [0.1, 0.15) is 35.6 Å². The maximum atomic E-state index is 14.1. The predicted octanol–water partition coefficient (Wildman–Crippen LogP) is 5.24. The SMILES string of the molecule is CCC(C)(C(=O)Nc1ccc(N(C)C)cc1)N(Cc1nc(-c2ccccc2)cs1)C(=O)CN1C(=O)C(=O)c2ccccc21. The number of thiazole rings is 1. The molecule has 43 heavy (non-hydrogen) atoms. The number of fused-ring (bicyclic) bond motifs is 1. The summed E-state index contributed by atoms with van der Waals surface area (Å²) in [5.74, 6) is -2.26. The van der Waals surface area contributed by atoms with Crippen LogP contribution < -0.4 is 15.1 Å². The molecule has 9 nitrogen and oxygen atoms in total. The van der Waals surface area contributed by atoms with Crippen LogP contribution in [0.2, 0.25) is 0 Å². The van der Waals surface area contributed by atoms with Crippen molar-refractivity contribution < 1.29 is 19.2 Å². The molecular formula is C33H33N5O4S. The fraction of sp³-hybridized carbons (Fsp3) is 0.242. The van der Waals surface area contributed by atoms with Crippen LogP contribution in [0, 0.1) is 0 Å². The van der Waals surface area contributed by atoms with Crippen LogP contribution in [0.15, 0.2) is 84.2 Å². The molecule has 0 fully saturated rings. The van der Waals surface area contributed by atoms with Crippen molar-refractivity contribution in [1.82, 2.24) is 9.88 Å². The Morgan fingerprint density at radius 1 is 0.953 bits per heavy atom. The second-order valence-electron chi connectivity index (χ2n) is 10.7. The number of anilines is 3. The van der Waals surface area contributed by atoms with Gasteiger partial charge in [0.15, 0.2) is 0 Å². The predicted molar refractivity (Wildman–Crippen MR) is 169 cm³/mol. The van der Waals surface area contributed by atoms with Gasteiger partial charge in [0.1, 0.15) is 17.1 Å². The molecule has 4 aromatic rings. The summed E-state index contributed by atoms with van der Waals surface area (Å²) in [4.78, 5) is 63.0. The van der Waals surface area contributed by atoms with Crippen LogP contribution in [-0.2, 0) is 20.9 Å². The summed E-state index contributed by atoms with van der Waals surface area (Å²) >= 11 is 1.39.